The molecule has 0 atom stereocenters. The van der Waals surface area contributed by atoms with Gasteiger partial charge in [0.25, 0.3) is 0 Å². The lowest BCUT2D eigenvalue weighted by Crippen LogP contribution is -2.28. The maximum Gasteiger partial charge on any atom is 0.137 e. The quantitative estimate of drug-likeness (QED) is 0.634. The largest absolute Gasteiger partial charge is 0.356 e. The molecule has 0 bridgehead atoms. The van der Waals surface area contributed by atoms with E-state index in [2.05, 4.69) is 37.6 Å². The third-order valence-corrected chi connectivity index (χ3v) is 3.83. The van der Waals surface area contributed by atoms with Gasteiger partial charge in [0.05, 0.1) is 0 Å². The Bertz CT molecular complexity index is 410. The topological polar surface area (TPSA) is 29.0 Å². The highest BCUT2D eigenvalue weighted by atomic mass is 35.5. The molecular formula is C16H28ClN3. The summed E-state index contributed by atoms with van der Waals surface area (Å²) in [6.45, 7) is 12.8. The summed E-state index contributed by atoms with van der Waals surface area (Å²) in [5, 5.41) is 0.594. The SMILES string of the molecule is CCCCN(CCCC)c1nc(C(C)C)nc(Cl)c1C. The van der Waals surface area contributed by atoms with Crippen LogP contribution in [0.1, 0.15) is 70.7 Å². The van der Waals surface area contributed by atoms with Crippen molar-refractivity contribution < 1.29 is 0 Å². The van der Waals surface area contributed by atoms with Crippen molar-refractivity contribution >= 4 is 17.4 Å². The zero-order chi connectivity index (χ0) is 15.1. The molecule has 20 heavy (non-hydrogen) atoms. The Balaban J connectivity index is 3.09. The fourth-order valence-corrected chi connectivity index (χ4v) is 2.25. The Morgan fingerprint density at radius 3 is 2.05 bits per heavy atom. The highest BCUT2D eigenvalue weighted by Gasteiger charge is 2.16. The van der Waals surface area contributed by atoms with E-state index in [1.165, 1.54) is 25.7 Å². The number of unbranched alkanes of at least 4 members (excludes halogenated alkanes) is 2. The van der Waals surface area contributed by atoms with Gasteiger partial charge in [-0.25, -0.2) is 9.97 Å². The van der Waals surface area contributed by atoms with Crippen LogP contribution in [0.2, 0.25) is 5.15 Å². The minimum atomic E-state index is 0.297. The molecular weight excluding hydrogens is 270 g/mol. The Morgan fingerprint density at radius 1 is 1.05 bits per heavy atom. The normalized spacial score (nSPS) is 11.2. The Hall–Kier alpha value is -0.830. The van der Waals surface area contributed by atoms with Gasteiger partial charge in [-0.3, -0.25) is 0 Å². The van der Waals surface area contributed by atoms with Crippen LogP contribution in [0.5, 0.6) is 0 Å². The molecule has 1 rings (SSSR count). The van der Waals surface area contributed by atoms with Gasteiger partial charge in [0.1, 0.15) is 16.8 Å². The van der Waals surface area contributed by atoms with Crippen LogP contribution in [0.15, 0.2) is 0 Å². The van der Waals surface area contributed by atoms with Gasteiger partial charge >= 0.3 is 0 Å². The molecule has 0 radical (unpaired) electrons. The maximum absolute atomic E-state index is 6.30. The molecule has 0 unspecified atom stereocenters. The molecule has 0 spiro atoms. The van der Waals surface area contributed by atoms with Crippen molar-refractivity contribution in [2.75, 3.05) is 18.0 Å². The molecule has 0 aliphatic rings. The first kappa shape index (κ1) is 17.2. The number of halogens is 1. The van der Waals surface area contributed by atoms with E-state index in [1.807, 2.05) is 6.92 Å². The molecule has 0 fully saturated rings. The van der Waals surface area contributed by atoms with Gasteiger partial charge in [-0.15, -0.1) is 0 Å². The molecule has 0 aliphatic carbocycles. The number of nitrogens with zero attached hydrogens (tertiary/aromatic N) is 3. The first-order valence-electron chi connectivity index (χ1n) is 7.80. The van der Waals surface area contributed by atoms with E-state index in [-0.39, 0.29) is 0 Å². The lowest BCUT2D eigenvalue weighted by atomic mass is 10.2. The minimum Gasteiger partial charge on any atom is -0.356 e. The van der Waals surface area contributed by atoms with E-state index < -0.39 is 0 Å². The second-order valence-electron chi connectivity index (χ2n) is 5.67. The lowest BCUT2D eigenvalue weighted by molar-refractivity contribution is 0.661. The molecule has 1 heterocycles. The summed E-state index contributed by atoms with van der Waals surface area (Å²) in [7, 11) is 0. The summed E-state index contributed by atoms with van der Waals surface area (Å²) in [4.78, 5) is 11.5. The third kappa shape index (κ3) is 4.62. The maximum atomic E-state index is 6.30. The van der Waals surface area contributed by atoms with E-state index in [4.69, 9.17) is 16.6 Å². The van der Waals surface area contributed by atoms with Gasteiger partial charge in [0.2, 0.25) is 0 Å². The second-order valence-corrected chi connectivity index (χ2v) is 6.03. The fourth-order valence-electron chi connectivity index (χ4n) is 2.08. The second kappa shape index (κ2) is 8.46. The van der Waals surface area contributed by atoms with Crippen molar-refractivity contribution in [2.45, 2.75) is 66.2 Å². The Morgan fingerprint density at radius 2 is 1.60 bits per heavy atom. The minimum absolute atomic E-state index is 0.297. The van der Waals surface area contributed by atoms with Gasteiger partial charge in [-0.05, 0) is 19.8 Å². The molecule has 4 heteroatoms. The van der Waals surface area contributed by atoms with Crippen molar-refractivity contribution in [3.63, 3.8) is 0 Å². The summed E-state index contributed by atoms with van der Waals surface area (Å²) >= 11 is 6.30. The van der Waals surface area contributed by atoms with Crippen molar-refractivity contribution in [2.24, 2.45) is 0 Å². The van der Waals surface area contributed by atoms with Crippen molar-refractivity contribution in [3.8, 4) is 0 Å². The highest BCUT2D eigenvalue weighted by Crippen LogP contribution is 2.26. The molecule has 0 amide bonds. The standard InChI is InChI=1S/C16H28ClN3/c1-6-8-10-20(11-9-7-2)16-13(5)14(17)18-15(19-16)12(3)4/h12H,6-11H2,1-5H3. The molecule has 0 saturated carbocycles. The average Bonchev–Trinajstić information content (AvgIpc) is 2.42. The van der Waals surface area contributed by atoms with Crippen LogP contribution in [-0.4, -0.2) is 23.1 Å². The van der Waals surface area contributed by atoms with Crippen LogP contribution in [0.25, 0.3) is 0 Å². The third-order valence-electron chi connectivity index (χ3n) is 3.46. The number of anilines is 1. The average molecular weight is 298 g/mol. The molecule has 114 valence electrons. The predicted molar refractivity (Wildman–Crippen MR) is 87.9 cm³/mol. The van der Waals surface area contributed by atoms with Crippen molar-refractivity contribution in [3.05, 3.63) is 16.5 Å². The number of aromatic nitrogens is 2. The summed E-state index contributed by atoms with van der Waals surface area (Å²) in [6.07, 6.45) is 4.75. The number of hydrogen-bond acceptors (Lipinski definition) is 3. The predicted octanol–water partition coefficient (Wildman–Crippen LogP) is 4.97. The molecule has 0 aromatic carbocycles. The van der Waals surface area contributed by atoms with Crippen molar-refractivity contribution in [1.29, 1.82) is 0 Å². The summed E-state index contributed by atoms with van der Waals surface area (Å²) < 4.78 is 0. The van der Waals surface area contributed by atoms with E-state index in [0.717, 1.165) is 30.3 Å². The van der Waals surface area contributed by atoms with E-state index in [1.54, 1.807) is 0 Å². The zero-order valence-corrected chi connectivity index (χ0v) is 14.3. The number of rotatable bonds is 8. The lowest BCUT2D eigenvalue weighted by Gasteiger charge is -2.26. The van der Waals surface area contributed by atoms with E-state index >= 15 is 0 Å². The van der Waals surface area contributed by atoms with Gasteiger partial charge < -0.3 is 4.90 Å². The summed E-state index contributed by atoms with van der Waals surface area (Å²) in [5.74, 6) is 2.16. The Kier molecular flexibility index (Phi) is 7.28. The van der Waals surface area contributed by atoms with Crippen LogP contribution < -0.4 is 4.90 Å². The van der Waals surface area contributed by atoms with Gasteiger partial charge in [0.15, 0.2) is 0 Å². The summed E-state index contributed by atoms with van der Waals surface area (Å²) in [5.41, 5.74) is 1.00. The molecule has 0 aliphatic heterocycles. The van der Waals surface area contributed by atoms with Gasteiger partial charge in [-0.2, -0.15) is 0 Å². The van der Waals surface area contributed by atoms with Crippen LogP contribution in [0.3, 0.4) is 0 Å². The zero-order valence-electron chi connectivity index (χ0n) is 13.5. The molecule has 0 saturated heterocycles. The fraction of sp³-hybridized carbons (Fsp3) is 0.750. The number of hydrogen-bond donors (Lipinski definition) is 0. The van der Waals surface area contributed by atoms with E-state index in [0.29, 0.717) is 11.1 Å². The van der Waals surface area contributed by atoms with E-state index in [9.17, 15) is 0 Å². The summed E-state index contributed by atoms with van der Waals surface area (Å²) in [6, 6.07) is 0. The first-order valence-corrected chi connectivity index (χ1v) is 8.18. The molecule has 3 nitrogen and oxygen atoms in total. The smallest absolute Gasteiger partial charge is 0.137 e. The van der Waals surface area contributed by atoms with Crippen LogP contribution in [0, 0.1) is 6.92 Å². The highest BCUT2D eigenvalue weighted by molar-refractivity contribution is 6.30. The van der Waals surface area contributed by atoms with Crippen LogP contribution in [-0.2, 0) is 0 Å². The molecule has 1 aromatic rings. The molecule has 0 N–H and O–H groups in total. The first-order chi connectivity index (χ1) is 9.51. The van der Waals surface area contributed by atoms with Crippen LogP contribution in [0.4, 0.5) is 5.82 Å². The van der Waals surface area contributed by atoms with Crippen LogP contribution >= 0.6 is 11.6 Å². The van der Waals surface area contributed by atoms with Crippen molar-refractivity contribution in [1.82, 2.24) is 9.97 Å². The monoisotopic (exact) mass is 297 g/mol. The van der Waals surface area contributed by atoms with Gasteiger partial charge in [0, 0.05) is 24.6 Å². The molecule has 1 aromatic heterocycles. The Labute approximate surface area is 128 Å². The van der Waals surface area contributed by atoms with Gasteiger partial charge in [-0.1, -0.05) is 52.1 Å².